The van der Waals surface area contributed by atoms with Crippen LogP contribution in [-0.4, -0.2) is 16.2 Å². The summed E-state index contributed by atoms with van der Waals surface area (Å²) in [7, 11) is 0. The number of rotatable bonds is 5. The number of ether oxygens (including phenoxy) is 1. The van der Waals surface area contributed by atoms with Crippen molar-refractivity contribution in [2.45, 2.75) is 27.3 Å². The summed E-state index contributed by atoms with van der Waals surface area (Å²) in [4.78, 5) is 19.7. The largest absolute Gasteiger partial charge is 0.494 e. The lowest BCUT2D eigenvalue weighted by molar-refractivity contribution is 0.340. The van der Waals surface area contributed by atoms with Gasteiger partial charge in [0, 0.05) is 10.4 Å². The maximum absolute atomic E-state index is 13.3. The number of aryl methyl sites for hydroxylation is 2. The molecule has 2 aromatic heterocycles. The van der Waals surface area contributed by atoms with Gasteiger partial charge in [-0.15, -0.1) is 11.3 Å². The molecule has 142 valence electrons. The van der Waals surface area contributed by atoms with E-state index in [1.165, 1.54) is 5.56 Å². The maximum Gasteiger partial charge on any atom is 0.263 e. The fraction of sp³-hybridized carbons (Fsp3) is 0.217. The molecule has 2 aromatic carbocycles. The van der Waals surface area contributed by atoms with Gasteiger partial charge in [0.25, 0.3) is 5.56 Å². The molecule has 0 saturated heterocycles. The monoisotopic (exact) mass is 390 g/mol. The third kappa shape index (κ3) is 3.45. The van der Waals surface area contributed by atoms with Gasteiger partial charge in [-0.25, -0.2) is 4.98 Å². The zero-order valence-corrected chi connectivity index (χ0v) is 17.0. The van der Waals surface area contributed by atoms with Crippen molar-refractivity contribution in [1.82, 2.24) is 9.55 Å². The van der Waals surface area contributed by atoms with Crippen molar-refractivity contribution in [3.63, 3.8) is 0 Å². The molecule has 4 aromatic rings. The van der Waals surface area contributed by atoms with E-state index in [9.17, 15) is 4.79 Å². The fourth-order valence-corrected chi connectivity index (χ4v) is 4.49. The molecule has 0 aliphatic rings. The van der Waals surface area contributed by atoms with Crippen molar-refractivity contribution in [3.05, 3.63) is 81.2 Å². The highest BCUT2D eigenvalue weighted by Crippen LogP contribution is 2.36. The third-order valence-corrected chi connectivity index (χ3v) is 5.76. The molecule has 0 bridgehead atoms. The Morgan fingerprint density at radius 2 is 1.89 bits per heavy atom. The number of fused-ring (bicyclic) bond motifs is 1. The second-order valence-corrected chi connectivity index (χ2v) is 8.04. The van der Waals surface area contributed by atoms with E-state index in [0.717, 1.165) is 32.1 Å². The van der Waals surface area contributed by atoms with E-state index in [0.29, 0.717) is 18.5 Å². The second-order valence-electron chi connectivity index (χ2n) is 6.84. The Hall–Kier alpha value is -2.92. The molecule has 0 aliphatic heterocycles. The molecule has 0 spiro atoms. The summed E-state index contributed by atoms with van der Waals surface area (Å²) in [6, 6.07) is 16.1. The number of hydrogen-bond acceptors (Lipinski definition) is 4. The van der Waals surface area contributed by atoms with E-state index >= 15 is 0 Å². The predicted molar refractivity (Wildman–Crippen MR) is 116 cm³/mol. The van der Waals surface area contributed by atoms with Gasteiger partial charge in [0.1, 0.15) is 10.6 Å². The van der Waals surface area contributed by atoms with Gasteiger partial charge in [0.2, 0.25) is 0 Å². The van der Waals surface area contributed by atoms with Crippen LogP contribution in [-0.2, 0) is 6.54 Å². The van der Waals surface area contributed by atoms with Crippen LogP contribution in [0.25, 0.3) is 21.3 Å². The minimum atomic E-state index is -0.000240. The van der Waals surface area contributed by atoms with Crippen LogP contribution in [0.15, 0.2) is 59.7 Å². The van der Waals surface area contributed by atoms with Gasteiger partial charge < -0.3 is 4.74 Å². The van der Waals surface area contributed by atoms with Crippen LogP contribution in [0.4, 0.5) is 0 Å². The minimum absolute atomic E-state index is 0.000240. The van der Waals surface area contributed by atoms with E-state index in [-0.39, 0.29) is 5.56 Å². The summed E-state index contributed by atoms with van der Waals surface area (Å²) in [5, 5.41) is 0.696. The van der Waals surface area contributed by atoms with Crippen molar-refractivity contribution < 1.29 is 4.74 Å². The fourth-order valence-electron chi connectivity index (χ4n) is 3.49. The van der Waals surface area contributed by atoms with Crippen molar-refractivity contribution in [3.8, 4) is 16.9 Å². The minimum Gasteiger partial charge on any atom is -0.494 e. The molecule has 28 heavy (non-hydrogen) atoms. The number of benzene rings is 2. The van der Waals surface area contributed by atoms with Gasteiger partial charge in [-0.05, 0) is 44.0 Å². The zero-order valence-electron chi connectivity index (χ0n) is 16.2. The van der Waals surface area contributed by atoms with Gasteiger partial charge in [-0.1, -0.05) is 42.0 Å². The lowest BCUT2D eigenvalue weighted by Crippen LogP contribution is -2.21. The van der Waals surface area contributed by atoms with E-state index in [2.05, 4.69) is 24.0 Å². The normalized spacial score (nSPS) is 11.1. The SMILES string of the molecule is CCOc1ccc(-c2c(C)sc3ncn(Cc4cccc(C)c4)c(=O)c23)cc1. The average Bonchev–Trinajstić information content (AvgIpc) is 3.02. The van der Waals surface area contributed by atoms with E-state index in [1.54, 1.807) is 22.2 Å². The molecular formula is C23H22N2O2S. The number of thiophene rings is 1. The highest BCUT2D eigenvalue weighted by atomic mass is 32.1. The summed E-state index contributed by atoms with van der Waals surface area (Å²) in [5.74, 6) is 0.832. The van der Waals surface area contributed by atoms with E-state index < -0.39 is 0 Å². The molecule has 4 rings (SSSR count). The molecule has 5 heteroatoms. The van der Waals surface area contributed by atoms with Crippen molar-refractivity contribution in [1.29, 1.82) is 0 Å². The standard InChI is InChI=1S/C23H22N2O2S/c1-4-27-19-10-8-18(9-11-19)20-16(3)28-22-21(20)23(26)25(14-24-22)13-17-7-5-6-15(2)12-17/h5-12,14H,4,13H2,1-3H3. The van der Waals surface area contributed by atoms with Crippen LogP contribution in [0, 0.1) is 13.8 Å². The maximum atomic E-state index is 13.3. The summed E-state index contributed by atoms with van der Waals surface area (Å²) in [6.45, 7) is 7.21. The third-order valence-electron chi connectivity index (χ3n) is 4.74. The predicted octanol–water partition coefficient (Wildman–Crippen LogP) is 5.19. The van der Waals surface area contributed by atoms with Crippen molar-refractivity contribution in [2.75, 3.05) is 6.61 Å². The molecule has 0 amide bonds. The molecule has 0 unspecified atom stereocenters. The zero-order chi connectivity index (χ0) is 19.7. The molecular weight excluding hydrogens is 368 g/mol. The van der Waals surface area contributed by atoms with Crippen LogP contribution in [0.1, 0.15) is 22.9 Å². The smallest absolute Gasteiger partial charge is 0.263 e. The highest BCUT2D eigenvalue weighted by molar-refractivity contribution is 7.19. The molecule has 0 fully saturated rings. The van der Waals surface area contributed by atoms with Crippen LogP contribution < -0.4 is 10.3 Å². The molecule has 0 atom stereocenters. The first-order valence-corrected chi connectivity index (χ1v) is 10.2. The van der Waals surface area contributed by atoms with Gasteiger partial charge in [-0.2, -0.15) is 0 Å². The second kappa shape index (κ2) is 7.60. The molecule has 4 nitrogen and oxygen atoms in total. The van der Waals surface area contributed by atoms with Crippen LogP contribution in [0.5, 0.6) is 5.75 Å². The Bertz CT molecular complexity index is 1190. The number of aromatic nitrogens is 2. The molecule has 0 saturated carbocycles. The van der Waals surface area contributed by atoms with Gasteiger partial charge in [0.05, 0.1) is 24.9 Å². The molecule has 0 radical (unpaired) electrons. The summed E-state index contributed by atoms with van der Waals surface area (Å²) < 4.78 is 7.23. The Morgan fingerprint density at radius 1 is 1.11 bits per heavy atom. The highest BCUT2D eigenvalue weighted by Gasteiger charge is 2.17. The van der Waals surface area contributed by atoms with Gasteiger partial charge >= 0.3 is 0 Å². The topological polar surface area (TPSA) is 44.1 Å². The first-order chi connectivity index (χ1) is 13.6. The lowest BCUT2D eigenvalue weighted by atomic mass is 10.0. The van der Waals surface area contributed by atoms with Crippen molar-refractivity contribution in [2.24, 2.45) is 0 Å². The first kappa shape index (κ1) is 18.4. The van der Waals surface area contributed by atoms with E-state index in [4.69, 9.17) is 4.74 Å². The van der Waals surface area contributed by atoms with Crippen LogP contribution in [0.3, 0.4) is 0 Å². The Morgan fingerprint density at radius 3 is 2.61 bits per heavy atom. The van der Waals surface area contributed by atoms with E-state index in [1.807, 2.05) is 50.2 Å². The number of hydrogen-bond donors (Lipinski definition) is 0. The molecule has 0 aliphatic carbocycles. The van der Waals surface area contributed by atoms with Crippen molar-refractivity contribution >= 4 is 21.6 Å². The Labute approximate surface area is 168 Å². The molecule has 2 heterocycles. The summed E-state index contributed by atoms with van der Waals surface area (Å²) in [6.07, 6.45) is 1.66. The quantitative estimate of drug-likeness (QED) is 0.471. The summed E-state index contributed by atoms with van der Waals surface area (Å²) in [5.41, 5.74) is 4.26. The Kier molecular flexibility index (Phi) is 5.01. The summed E-state index contributed by atoms with van der Waals surface area (Å²) >= 11 is 1.56. The number of nitrogens with zero attached hydrogens (tertiary/aromatic N) is 2. The van der Waals surface area contributed by atoms with Crippen LogP contribution in [0.2, 0.25) is 0 Å². The van der Waals surface area contributed by atoms with Crippen LogP contribution >= 0.6 is 11.3 Å². The lowest BCUT2D eigenvalue weighted by Gasteiger charge is -2.08. The molecule has 0 N–H and O–H groups in total. The average molecular weight is 391 g/mol. The first-order valence-electron chi connectivity index (χ1n) is 9.34. The van der Waals surface area contributed by atoms with Gasteiger partial charge in [0.15, 0.2) is 0 Å². The van der Waals surface area contributed by atoms with Gasteiger partial charge in [-0.3, -0.25) is 9.36 Å². The Balaban J connectivity index is 1.81.